The van der Waals surface area contributed by atoms with Crippen molar-refractivity contribution in [3.05, 3.63) is 60.7 Å². The first-order chi connectivity index (χ1) is 19.4. The highest BCUT2D eigenvalue weighted by atomic mass is 16.5. The van der Waals surface area contributed by atoms with E-state index in [0.717, 1.165) is 53.6 Å². The monoisotopic (exact) mass is 536 g/mol. The Bertz CT molecular complexity index is 1770. The second-order valence-electron chi connectivity index (χ2n) is 10.4. The van der Waals surface area contributed by atoms with Crippen molar-refractivity contribution in [2.24, 2.45) is 4.99 Å². The van der Waals surface area contributed by atoms with E-state index in [4.69, 9.17) is 20.2 Å². The summed E-state index contributed by atoms with van der Waals surface area (Å²) in [4.78, 5) is 20.6. The molecule has 5 heterocycles. The molecular formula is C28H28N10O2. The van der Waals surface area contributed by atoms with E-state index in [1.165, 1.54) is 0 Å². The summed E-state index contributed by atoms with van der Waals surface area (Å²) in [6.07, 6.45) is 5.15. The zero-order valence-corrected chi connectivity index (χ0v) is 22.2. The molecule has 0 unspecified atom stereocenters. The summed E-state index contributed by atoms with van der Waals surface area (Å²) in [7, 11) is 2.14. The second-order valence-corrected chi connectivity index (χ2v) is 10.4. The molecule has 1 saturated heterocycles. The normalized spacial score (nSPS) is 16.8. The lowest BCUT2D eigenvalue weighted by atomic mass is 9.92. The average molecular weight is 537 g/mol. The Balaban J connectivity index is 1.09. The third kappa shape index (κ3) is 4.51. The molecule has 3 aromatic heterocycles. The van der Waals surface area contributed by atoms with Gasteiger partial charge in [0.05, 0.1) is 12.1 Å². The van der Waals surface area contributed by atoms with Gasteiger partial charge < -0.3 is 25.4 Å². The summed E-state index contributed by atoms with van der Waals surface area (Å²) in [5.41, 5.74) is 10.2. The summed E-state index contributed by atoms with van der Waals surface area (Å²) in [6.45, 7) is 4.67. The number of anilines is 2. The molecule has 12 heteroatoms. The molecule has 0 radical (unpaired) electrons. The molecule has 2 aliphatic heterocycles. The van der Waals surface area contributed by atoms with Crippen LogP contribution in [0.2, 0.25) is 0 Å². The summed E-state index contributed by atoms with van der Waals surface area (Å²) >= 11 is 0. The number of aryl methyl sites for hydroxylation is 1. The number of aliphatic imine (C=N–C) groups is 1. The summed E-state index contributed by atoms with van der Waals surface area (Å²) in [6, 6.07) is 13.8. The molecule has 40 heavy (non-hydrogen) atoms. The molecule has 12 nitrogen and oxygen atoms in total. The Kier molecular flexibility index (Phi) is 5.70. The number of benzene rings is 2. The van der Waals surface area contributed by atoms with Gasteiger partial charge in [-0.3, -0.25) is 4.40 Å². The SMILES string of the molecule is Cc1cc(-c2nc(N)c3cc(NC4=NCC5(CCN(C)CC5)O4)ccc3n2)ccc1Oc1cc2nncn2cn1. The van der Waals surface area contributed by atoms with Crippen LogP contribution in [0.25, 0.3) is 27.9 Å². The predicted octanol–water partition coefficient (Wildman–Crippen LogP) is 3.68. The zero-order valence-electron chi connectivity index (χ0n) is 22.2. The standard InChI is InChI=1S/C28H28N10O2/c1-17-11-18(3-6-22(17)39-24-13-23-36-32-16-38(23)15-31-24)26-34-21-5-4-19(12-20(21)25(29)35-26)33-27-30-14-28(40-27)7-9-37(2)10-8-28/h3-6,11-13,15-16H,7-10,14H2,1-2H3,(H,30,33)(H2,29,34,35). The van der Waals surface area contributed by atoms with Gasteiger partial charge in [-0.25, -0.2) is 19.9 Å². The van der Waals surface area contributed by atoms with Crippen molar-refractivity contribution >= 4 is 34.1 Å². The Morgan fingerprint density at radius 1 is 1.05 bits per heavy atom. The van der Waals surface area contributed by atoms with E-state index in [-0.39, 0.29) is 5.60 Å². The first kappa shape index (κ1) is 24.2. The molecule has 2 aromatic carbocycles. The molecule has 0 atom stereocenters. The fourth-order valence-corrected chi connectivity index (χ4v) is 5.10. The number of likely N-dealkylation sites (tertiary alicyclic amines) is 1. The van der Waals surface area contributed by atoms with Crippen LogP contribution >= 0.6 is 0 Å². The number of amidine groups is 1. The van der Waals surface area contributed by atoms with Crippen LogP contribution < -0.4 is 15.8 Å². The van der Waals surface area contributed by atoms with Gasteiger partial charge in [-0.2, -0.15) is 0 Å². The molecular weight excluding hydrogens is 508 g/mol. The van der Waals surface area contributed by atoms with Gasteiger partial charge in [0.15, 0.2) is 11.5 Å². The molecule has 1 spiro atoms. The van der Waals surface area contributed by atoms with E-state index >= 15 is 0 Å². The molecule has 202 valence electrons. The van der Waals surface area contributed by atoms with E-state index in [2.05, 4.69) is 42.4 Å². The lowest BCUT2D eigenvalue weighted by Gasteiger charge is -2.36. The van der Waals surface area contributed by atoms with Crippen LogP contribution in [0.15, 0.2) is 60.1 Å². The zero-order chi connectivity index (χ0) is 27.3. The number of nitrogens with one attached hydrogen (secondary N) is 1. The van der Waals surface area contributed by atoms with Crippen LogP contribution in [-0.4, -0.2) is 72.8 Å². The fourth-order valence-electron chi connectivity index (χ4n) is 5.10. The summed E-state index contributed by atoms with van der Waals surface area (Å²) in [5.74, 6) is 2.04. The van der Waals surface area contributed by atoms with Gasteiger partial charge in [-0.1, -0.05) is 0 Å². The van der Waals surface area contributed by atoms with E-state index in [0.29, 0.717) is 41.5 Å². The van der Waals surface area contributed by atoms with Gasteiger partial charge in [0.2, 0.25) is 5.88 Å². The number of aromatic nitrogens is 6. The highest BCUT2D eigenvalue weighted by molar-refractivity contribution is 5.96. The minimum absolute atomic E-state index is 0.192. The third-order valence-corrected chi connectivity index (χ3v) is 7.51. The van der Waals surface area contributed by atoms with Crippen LogP contribution in [-0.2, 0) is 4.74 Å². The summed E-state index contributed by atoms with van der Waals surface area (Å²) in [5, 5.41) is 12.0. The maximum absolute atomic E-state index is 6.41. The van der Waals surface area contributed by atoms with Gasteiger partial charge >= 0.3 is 0 Å². The molecule has 1 fully saturated rings. The number of nitrogens with two attached hydrogens (primary N) is 1. The quantitative estimate of drug-likeness (QED) is 0.349. The largest absolute Gasteiger partial charge is 0.456 e. The molecule has 7 rings (SSSR count). The molecule has 0 saturated carbocycles. The Labute approximate surface area is 229 Å². The van der Waals surface area contributed by atoms with Gasteiger partial charge in [-0.05, 0) is 55.9 Å². The number of nitrogens with zero attached hydrogens (tertiary/aromatic N) is 8. The number of nitrogen functional groups attached to an aromatic ring is 1. The van der Waals surface area contributed by atoms with Crippen molar-refractivity contribution < 1.29 is 9.47 Å². The first-order valence-electron chi connectivity index (χ1n) is 13.1. The highest BCUT2D eigenvalue weighted by Crippen LogP contribution is 2.33. The van der Waals surface area contributed by atoms with E-state index in [1.807, 2.05) is 43.3 Å². The summed E-state index contributed by atoms with van der Waals surface area (Å²) < 4.78 is 14.0. The number of fused-ring (bicyclic) bond motifs is 2. The fraction of sp³-hybridized carbons (Fsp3) is 0.286. The highest BCUT2D eigenvalue weighted by Gasteiger charge is 2.40. The van der Waals surface area contributed by atoms with Crippen LogP contribution in [0.3, 0.4) is 0 Å². The maximum Gasteiger partial charge on any atom is 0.289 e. The Morgan fingerprint density at radius 2 is 1.93 bits per heavy atom. The predicted molar refractivity (Wildman–Crippen MR) is 151 cm³/mol. The second kappa shape index (κ2) is 9.42. The smallest absolute Gasteiger partial charge is 0.289 e. The lowest BCUT2D eigenvalue weighted by molar-refractivity contribution is 0.0220. The number of hydrogen-bond acceptors (Lipinski definition) is 11. The minimum atomic E-state index is -0.192. The molecule has 0 bridgehead atoms. The molecule has 2 aliphatic rings. The molecule has 0 amide bonds. The van der Waals surface area contributed by atoms with Gasteiger partial charge in [0, 0.05) is 48.6 Å². The van der Waals surface area contributed by atoms with Crippen molar-refractivity contribution in [2.75, 3.05) is 37.7 Å². The Morgan fingerprint density at radius 3 is 2.77 bits per heavy atom. The van der Waals surface area contributed by atoms with Crippen LogP contribution in [0, 0.1) is 6.92 Å². The van der Waals surface area contributed by atoms with Gasteiger partial charge in [0.25, 0.3) is 6.02 Å². The van der Waals surface area contributed by atoms with E-state index < -0.39 is 0 Å². The first-order valence-corrected chi connectivity index (χ1v) is 13.1. The minimum Gasteiger partial charge on any atom is -0.456 e. The number of rotatable bonds is 4. The van der Waals surface area contributed by atoms with Crippen molar-refractivity contribution in [1.29, 1.82) is 0 Å². The van der Waals surface area contributed by atoms with Crippen molar-refractivity contribution in [3.63, 3.8) is 0 Å². The third-order valence-electron chi connectivity index (χ3n) is 7.51. The van der Waals surface area contributed by atoms with Crippen LogP contribution in [0.5, 0.6) is 11.6 Å². The van der Waals surface area contributed by atoms with Crippen LogP contribution in [0.1, 0.15) is 18.4 Å². The molecule has 3 N–H and O–H groups in total. The van der Waals surface area contributed by atoms with Gasteiger partial charge in [0.1, 0.15) is 29.8 Å². The van der Waals surface area contributed by atoms with Gasteiger partial charge in [-0.15, -0.1) is 10.2 Å². The van der Waals surface area contributed by atoms with Crippen molar-refractivity contribution in [2.45, 2.75) is 25.4 Å². The number of hydrogen-bond donors (Lipinski definition) is 2. The topological polar surface area (TPSA) is 141 Å². The number of piperidine rings is 1. The van der Waals surface area contributed by atoms with E-state index in [1.54, 1.807) is 23.1 Å². The van der Waals surface area contributed by atoms with Crippen molar-refractivity contribution in [1.82, 2.24) is 34.4 Å². The molecule has 0 aliphatic carbocycles. The maximum atomic E-state index is 6.41. The van der Waals surface area contributed by atoms with Crippen LogP contribution in [0.4, 0.5) is 11.5 Å². The van der Waals surface area contributed by atoms with E-state index in [9.17, 15) is 0 Å². The number of ether oxygens (including phenoxy) is 2. The average Bonchev–Trinajstić information content (AvgIpc) is 3.58. The van der Waals surface area contributed by atoms with Crippen molar-refractivity contribution in [3.8, 4) is 23.0 Å². The Hall–Kier alpha value is -4.84. The lowest BCUT2D eigenvalue weighted by Crippen LogP contribution is -2.45. The molecule has 5 aromatic rings.